The van der Waals surface area contributed by atoms with Crippen LogP contribution in [-0.4, -0.2) is 30.1 Å². The van der Waals surface area contributed by atoms with Gasteiger partial charge in [0, 0.05) is 7.05 Å². The Morgan fingerprint density at radius 2 is 2.19 bits per heavy atom. The van der Waals surface area contributed by atoms with Gasteiger partial charge in [-0.25, -0.2) is 4.79 Å². The Labute approximate surface area is 92.7 Å². The molecule has 0 aliphatic carbocycles. The number of aromatic carboxylic acids is 1. The number of benzene rings is 1. The van der Waals surface area contributed by atoms with Gasteiger partial charge in [0.05, 0.1) is 16.9 Å². The van der Waals surface area contributed by atoms with Crippen LogP contribution in [0.5, 0.6) is 0 Å². The first kappa shape index (κ1) is 10.5. The first-order chi connectivity index (χ1) is 7.52. The van der Waals surface area contributed by atoms with Crippen molar-refractivity contribution in [3.8, 4) is 0 Å². The van der Waals surface area contributed by atoms with Gasteiger partial charge in [-0.05, 0) is 19.1 Å². The maximum absolute atomic E-state index is 11.7. The van der Waals surface area contributed by atoms with E-state index in [0.717, 1.165) is 0 Å². The molecule has 0 bridgehead atoms. The number of hydrogen-bond acceptors (Lipinski definition) is 3. The Morgan fingerprint density at radius 3 is 2.81 bits per heavy atom. The summed E-state index contributed by atoms with van der Waals surface area (Å²) in [6.07, 6.45) is 0. The van der Waals surface area contributed by atoms with Crippen LogP contribution in [0.25, 0.3) is 0 Å². The highest BCUT2D eigenvalue weighted by Crippen LogP contribution is 2.33. The second-order valence-electron chi connectivity index (χ2n) is 3.77. The maximum atomic E-state index is 11.7. The molecule has 2 N–H and O–H groups in total. The lowest BCUT2D eigenvalue weighted by molar-refractivity contribution is -0.118. The summed E-state index contributed by atoms with van der Waals surface area (Å²) in [6, 6.07) is 4.58. The number of nitrogens with one attached hydrogen (secondary N) is 1. The third-order valence-electron chi connectivity index (χ3n) is 2.67. The van der Waals surface area contributed by atoms with Crippen molar-refractivity contribution in [2.45, 2.75) is 13.0 Å². The van der Waals surface area contributed by atoms with Crippen molar-refractivity contribution in [1.29, 1.82) is 0 Å². The summed E-state index contributed by atoms with van der Waals surface area (Å²) in [5.74, 6) is -1.17. The van der Waals surface area contributed by atoms with Crippen LogP contribution >= 0.6 is 0 Å². The van der Waals surface area contributed by atoms with Crippen LogP contribution in [-0.2, 0) is 4.79 Å². The van der Waals surface area contributed by atoms with Crippen LogP contribution in [0.15, 0.2) is 18.2 Å². The summed E-state index contributed by atoms with van der Waals surface area (Å²) < 4.78 is 0. The molecule has 1 aromatic rings. The molecule has 1 aliphatic heterocycles. The van der Waals surface area contributed by atoms with Crippen LogP contribution in [0, 0.1) is 0 Å². The minimum atomic E-state index is -1.03. The smallest absolute Gasteiger partial charge is 0.337 e. The molecule has 0 spiro atoms. The number of fused-ring (bicyclic) bond motifs is 1. The van der Waals surface area contributed by atoms with Gasteiger partial charge in [0.25, 0.3) is 0 Å². The molecule has 5 heteroatoms. The van der Waals surface area contributed by atoms with Gasteiger partial charge in [0.2, 0.25) is 5.91 Å². The molecule has 2 rings (SSSR count). The van der Waals surface area contributed by atoms with Crippen LogP contribution < -0.4 is 10.2 Å². The molecule has 16 heavy (non-hydrogen) atoms. The van der Waals surface area contributed by atoms with Gasteiger partial charge in [0.1, 0.15) is 6.04 Å². The largest absolute Gasteiger partial charge is 0.478 e. The molecule has 0 saturated carbocycles. The predicted molar refractivity (Wildman–Crippen MR) is 59.9 cm³/mol. The molecule has 1 aromatic carbocycles. The molecule has 0 saturated heterocycles. The number of anilines is 2. The van der Waals surface area contributed by atoms with Crippen molar-refractivity contribution < 1.29 is 14.7 Å². The number of para-hydroxylation sites is 1. The maximum Gasteiger partial charge on any atom is 0.337 e. The fourth-order valence-corrected chi connectivity index (χ4v) is 1.89. The predicted octanol–water partition coefficient (Wildman–Crippen LogP) is 1.16. The molecule has 5 nitrogen and oxygen atoms in total. The van der Waals surface area contributed by atoms with E-state index in [1.165, 1.54) is 11.0 Å². The lowest BCUT2D eigenvalue weighted by atomic mass is 10.1. The fraction of sp³-hybridized carbons (Fsp3) is 0.273. The zero-order chi connectivity index (χ0) is 11.9. The molecule has 1 unspecified atom stereocenters. The Balaban J connectivity index is 2.62. The second-order valence-corrected chi connectivity index (χ2v) is 3.77. The number of nitrogens with zero attached hydrogens (tertiary/aromatic N) is 1. The van der Waals surface area contributed by atoms with Crippen molar-refractivity contribution in [2.24, 2.45) is 0 Å². The topological polar surface area (TPSA) is 69.6 Å². The minimum Gasteiger partial charge on any atom is -0.478 e. The van der Waals surface area contributed by atoms with Crippen LogP contribution in [0.2, 0.25) is 0 Å². The zero-order valence-electron chi connectivity index (χ0n) is 9.02. The van der Waals surface area contributed by atoms with E-state index in [1.54, 1.807) is 26.1 Å². The van der Waals surface area contributed by atoms with Gasteiger partial charge in [-0.1, -0.05) is 6.07 Å². The van der Waals surface area contributed by atoms with E-state index in [1.807, 2.05) is 0 Å². The van der Waals surface area contributed by atoms with Crippen LogP contribution in [0.1, 0.15) is 17.3 Å². The van der Waals surface area contributed by atoms with Crippen molar-refractivity contribution in [3.63, 3.8) is 0 Å². The van der Waals surface area contributed by atoms with Gasteiger partial charge < -0.3 is 15.3 Å². The summed E-state index contributed by atoms with van der Waals surface area (Å²) in [4.78, 5) is 24.2. The average molecular weight is 220 g/mol. The van der Waals surface area contributed by atoms with Crippen LogP contribution in [0.3, 0.4) is 0 Å². The van der Waals surface area contributed by atoms with E-state index in [-0.39, 0.29) is 17.5 Å². The number of amides is 1. The standard InChI is InChI=1S/C11H12N2O3/c1-6-10(14)13(2)9-7(11(15)16)4-3-5-8(9)12-6/h3-6,12H,1-2H3,(H,15,16). The monoisotopic (exact) mass is 220 g/mol. The molecule has 1 atom stereocenters. The van der Waals surface area contributed by atoms with E-state index < -0.39 is 5.97 Å². The molecule has 1 amide bonds. The van der Waals surface area contributed by atoms with Crippen molar-refractivity contribution in [1.82, 2.24) is 0 Å². The molecule has 0 fully saturated rings. The van der Waals surface area contributed by atoms with E-state index >= 15 is 0 Å². The Morgan fingerprint density at radius 1 is 1.50 bits per heavy atom. The molecule has 84 valence electrons. The number of rotatable bonds is 1. The highest BCUT2D eigenvalue weighted by molar-refractivity contribution is 6.10. The van der Waals surface area contributed by atoms with Gasteiger partial charge in [-0.15, -0.1) is 0 Å². The highest BCUT2D eigenvalue weighted by Gasteiger charge is 2.30. The Kier molecular flexibility index (Phi) is 2.30. The zero-order valence-corrected chi connectivity index (χ0v) is 9.02. The first-order valence-corrected chi connectivity index (χ1v) is 4.92. The van der Waals surface area contributed by atoms with Gasteiger partial charge in [-0.3, -0.25) is 4.79 Å². The van der Waals surface area contributed by atoms with Crippen molar-refractivity contribution in [2.75, 3.05) is 17.3 Å². The second kappa shape index (κ2) is 3.52. The van der Waals surface area contributed by atoms with Gasteiger partial charge in [-0.2, -0.15) is 0 Å². The third-order valence-corrected chi connectivity index (χ3v) is 2.67. The van der Waals surface area contributed by atoms with E-state index in [0.29, 0.717) is 11.4 Å². The Hall–Kier alpha value is -2.04. The normalized spacial score (nSPS) is 19.0. The van der Waals surface area contributed by atoms with Gasteiger partial charge >= 0.3 is 5.97 Å². The summed E-state index contributed by atoms with van der Waals surface area (Å²) in [7, 11) is 1.59. The molecular weight excluding hydrogens is 208 g/mol. The number of carboxylic acid groups (broad SMARTS) is 1. The van der Waals surface area contributed by atoms with E-state index in [2.05, 4.69) is 5.32 Å². The summed E-state index contributed by atoms with van der Waals surface area (Å²) >= 11 is 0. The molecule has 0 radical (unpaired) electrons. The quantitative estimate of drug-likeness (QED) is 0.745. The van der Waals surface area contributed by atoms with E-state index in [9.17, 15) is 9.59 Å². The van der Waals surface area contributed by atoms with Crippen molar-refractivity contribution >= 4 is 23.3 Å². The summed E-state index contributed by atoms with van der Waals surface area (Å²) in [5.41, 5.74) is 1.24. The molecular formula is C11H12N2O3. The molecule has 1 aliphatic rings. The minimum absolute atomic E-state index is 0.132. The molecule has 1 heterocycles. The van der Waals surface area contributed by atoms with E-state index in [4.69, 9.17) is 5.11 Å². The van der Waals surface area contributed by atoms with Crippen molar-refractivity contribution in [3.05, 3.63) is 23.8 Å². The number of carbonyl (C=O) groups excluding carboxylic acids is 1. The fourth-order valence-electron chi connectivity index (χ4n) is 1.89. The number of carboxylic acids is 1. The summed E-state index contributed by atoms with van der Waals surface area (Å²) in [5, 5.41) is 12.0. The number of hydrogen-bond donors (Lipinski definition) is 2. The lowest BCUT2D eigenvalue weighted by Crippen LogP contribution is -2.44. The Bertz CT molecular complexity index is 470. The SMILES string of the molecule is CC1Nc2cccc(C(=O)O)c2N(C)C1=O. The first-order valence-electron chi connectivity index (χ1n) is 4.92. The number of likely N-dealkylation sites (N-methyl/N-ethyl adjacent to an activating group) is 1. The lowest BCUT2D eigenvalue weighted by Gasteiger charge is -2.32. The average Bonchev–Trinajstić information content (AvgIpc) is 2.25. The highest BCUT2D eigenvalue weighted by atomic mass is 16.4. The molecule has 0 aromatic heterocycles. The van der Waals surface area contributed by atoms with Gasteiger partial charge in [0.15, 0.2) is 0 Å². The third kappa shape index (κ3) is 1.41. The summed E-state index contributed by atoms with van der Waals surface area (Å²) in [6.45, 7) is 1.75. The van der Waals surface area contributed by atoms with Crippen LogP contribution in [0.4, 0.5) is 11.4 Å². The number of carbonyl (C=O) groups is 2.